The molecule has 0 unspecified atom stereocenters. The lowest BCUT2D eigenvalue weighted by Crippen LogP contribution is -2.32. The third-order valence-electron chi connectivity index (χ3n) is 5.38. The van der Waals surface area contributed by atoms with Crippen LogP contribution in [0.1, 0.15) is 64.4 Å². The number of hydrogen-bond donors (Lipinski definition) is 2. The molecule has 0 bridgehead atoms. The molecule has 0 spiro atoms. The molecule has 2 N–H and O–H groups in total. The highest BCUT2D eigenvalue weighted by atomic mass is 16.5. The predicted molar refractivity (Wildman–Crippen MR) is 118 cm³/mol. The van der Waals surface area contributed by atoms with Gasteiger partial charge in [0.05, 0.1) is 24.5 Å². The van der Waals surface area contributed by atoms with Gasteiger partial charge in [-0.25, -0.2) is 0 Å². The summed E-state index contributed by atoms with van der Waals surface area (Å²) in [4.78, 5) is 25.7. The van der Waals surface area contributed by atoms with E-state index in [9.17, 15) is 9.59 Å². The van der Waals surface area contributed by atoms with Gasteiger partial charge < -0.3 is 20.1 Å². The molecule has 6 heteroatoms. The molecule has 0 saturated carbocycles. The molecule has 6 nitrogen and oxygen atoms in total. The van der Waals surface area contributed by atoms with Crippen molar-refractivity contribution in [1.29, 1.82) is 0 Å². The Morgan fingerprint density at radius 2 is 1.93 bits per heavy atom. The summed E-state index contributed by atoms with van der Waals surface area (Å²) in [7, 11) is 1.63. The van der Waals surface area contributed by atoms with Crippen LogP contribution in [0.4, 0.5) is 5.69 Å². The smallest absolute Gasteiger partial charge is 0.255 e. The van der Waals surface area contributed by atoms with Crippen LogP contribution in [0.15, 0.2) is 36.4 Å². The SMILES string of the molecule is COc1cc(C)c(C(=O)Nc2ccccc2C(=O)NC[C@H]2CCCO2)cc1C(C)C. The number of methoxy groups -OCH3 is 1. The molecule has 3 rings (SSSR count). The number of aryl methyl sites for hydroxylation is 1. The minimum Gasteiger partial charge on any atom is -0.496 e. The van der Waals surface area contributed by atoms with Crippen LogP contribution in [-0.2, 0) is 4.74 Å². The molecule has 2 amide bonds. The Morgan fingerprint density at radius 1 is 1.17 bits per heavy atom. The number of para-hydroxylation sites is 1. The molecule has 2 aromatic carbocycles. The first-order valence-corrected chi connectivity index (χ1v) is 10.4. The summed E-state index contributed by atoms with van der Waals surface area (Å²) in [6.07, 6.45) is 2.03. The van der Waals surface area contributed by atoms with Crippen molar-refractivity contribution in [2.45, 2.75) is 45.6 Å². The maximum absolute atomic E-state index is 13.0. The highest BCUT2D eigenvalue weighted by Crippen LogP contribution is 2.30. The average molecular weight is 411 g/mol. The van der Waals surface area contributed by atoms with Crippen LogP contribution in [0, 0.1) is 6.92 Å². The van der Waals surface area contributed by atoms with Gasteiger partial charge >= 0.3 is 0 Å². The Labute approximate surface area is 178 Å². The molecule has 1 aliphatic rings. The van der Waals surface area contributed by atoms with E-state index >= 15 is 0 Å². The number of ether oxygens (including phenoxy) is 2. The molecule has 0 aliphatic carbocycles. The Hall–Kier alpha value is -2.86. The second-order valence-electron chi connectivity index (χ2n) is 7.91. The van der Waals surface area contributed by atoms with Crippen LogP contribution in [0.2, 0.25) is 0 Å². The summed E-state index contributed by atoms with van der Waals surface area (Å²) < 4.78 is 11.0. The van der Waals surface area contributed by atoms with E-state index < -0.39 is 0 Å². The molecule has 0 aromatic heterocycles. The molecular formula is C24H30N2O4. The maximum atomic E-state index is 13.0. The predicted octanol–water partition coefficient (Wildman–Crippen LogP) is 4.29. The average Bonchev–Trinajstić information content (AvgIpc) is 3.25. The fraction of sp³-hybridized carbons (Fsp3) is 0.417. The van der Waals surface area contributed by atoms with Crippen LogP contribution in [-0.4, -0.2) is 38.2 Å². The topological polar surface area (TPSA) is 76.7 Å². The minimum absolute atomic E-state index is 0.0621. The van der Waals surface area contributed by atoms with E-state index in [0.29, 0.717) is 23.4 Å². The number of amides is 2. The van der Waals surface area contributed by atoms with E-state index in [1.165, 1.54) is 0 Å². The van der Waals surface area contributed by atoms with Crippen LogP contribution in [0.3, 0.4) is 0 Å². The number of carbonyl (C=O) groups excluding carboxylic acids is 2. The van der Waals surface area contributed by atoms with Crippen molar-refractivity contribution in [3.05, 3.63) is 58.7 Å². The highest BCUT2D eigenvalue weighted by molar-refractivity contribution is 6.09. The minimum atomic E-state index is -0.253. The zero-order chi connectivity index (χ0) is 21.7. The summed E-state index contributed by atoms with van der Waals surface area (Å²) in [5, 5.41) is 5.82. The van der Waals surface area contributed by atoms with Crippen molar-refractivity contribution in [1.82, 2.24) is 5.32 Å². The molecule has 30 heavy (non-hydrogen) atoms. The van der Waals surface area contributed by atoms with Gasteiger partial charge in [-0.1, -0.05) is 26.0 Å². The van der Waals surface area contributed by atoms with Gasteiger partial charge in [0, 0.05) is 18.7 Å². The van der Waals surface area contributed by atoms with E-state index in [1.807, 2.05) is 19.1 Å². The van der Waals surface area contributed by atoms with Crippen LogP contribution >= 0.6 is 0 Å². The second-order valence-corrected chi connectivity index (χ2v) is 7.91. The molecule has 1 atom stereocenters. The Bertz CT molecular complexity index is 917. The first-order valence-electron chi connectivity index (χ1n) is 10.4. The molecule has 2 aromatic rings. The number of rotatable bonds is 7. The monoisotopic (exact) mass is 410 g/mol. The van der Waals surface area contributed by atoms with Crippen LogP contribution < -0.4 is 15.4 Å². The summed E-state index contributed by atoms with van der Waals surface area (Å²) in [6.45, 7) is 7.20. The molecule has 1 aliphatic heterocycles. The fourth-order valence-electron chi connectivity index (χ4n) is 3.66. The Morgan fingerprint density at radius 3 is 2.60 bits per heavy atom. The van der Waals surface area contributed by atoms with Gasteiger partial charge in [-0.2, -0.15) is 0 Å². The summed E-state index contributed by atoms with van der Waals surface area (Å²) >= 11 is 0. The molecule has 1 heterocycles. The summed E-state index contributed by atoms with van der Waals surface area (Å²) in [5.74, 6) is 0.503. The third kappa shape index (κ3) is 5.00. The highest BCUT2D eigenvalue weighted by Gasteiger charge is 2.20. The van der Waals surface area contributed by atoms with Gasteiger partial charge in [-0.3, -0.25) is 9.59 Å². The van der Waals surface area contributed by atoms with Gasteiger partial charge in [0.2, 0.25) is 0 Å². The van der Waals surface area contributed by atoms with Crippen molar-refractivity contribution in [2.24, 2.45) is 0 Å². The van der Waals surface area contributed by atoms with Crippen LogP contribution in [0.25, 0.3) is 0 Å². The molecule has 160 valence electrons. The van der Waals surface area contributed by atoms with E-state index in [0.717, 1.165) is 36.3 Å². The fourth-order valence-corrected chi connectivity index (χ4v) is 3.66. The summed E-state index contributed by atoms with van der Waals surface area (Å²) in [5.41, 5.74) is 3.26. The van der Waals surface area contributed by atoms with E-state index in [1.54, 1.807) is 31.4 Å². The number of benzene rings is 2. The normalized spacial score (nSPS) is 15.8. The maximum Gasteiger partial charge on any atom is 0.255 e. The quantitative estimate of drug-likeness (QED) is 0.714. The Balaban J connectivity index is 1.79. The number of nitrogens with one attached hydrogen (secondary N) is 2. The zero-order valence-corrected chi connectivity index (χ0v) is 18.1. The summed E-state index contributed by atoms with van der Waals surface area (Å²) in [6, 6.07) is 10.8. The lowest BCUT2D eigenvalue weighted by molar-refractivity contribution is 0.0858. The number of carbonyl (C=O) groups is 2. The Kier molecular flexibility index (Phi) is 7.11. The number of hydrogen-bond acceptors (Lipinski definition) is 4. The van der Waals surface area contributed by atoms with Crippen LogP contribution in [0.5, 0.6) is 5.75 Å². The van der Waals surface area contributed by atoms with Gasteiger partial charge in [0.15, 0.2) is 0 Å². The first kappa shape index (κ1) is 21.8. The first-order chi connectivity index (χ1) is 14.4. The lowest BCUT2D eigenvalue weighted by atomic mass is 9.96. The van der Waals surface area contributed by atoms with Gasteiger partial charge in [-0.15, -0.1) is 0 Å². The largest absolute Gasteiger partial charge is 0.496 e. The molecule has 1 fully saturated rings. The molecule has 1 saturated heterocycles. The van der Waals surface area contributed by atoms with E-state index in [2.05, 4.69) is 24.5 Å². The zero-order valence-electron chi connectivity index (χ0n) is 18.1. The van der Waals surface area contributed by atoms with Crippen molar-refractivity contribution in [3.8, 4) is 5.75 Å². The molecule has 0 radical (unpaired) electrons. The van der Waals surface area contributed by atoms with Gasteiger partial charge in [0.1, 0.15) is 5.75 Å². The van der Waals surface area contributed by atoms with Gasteiger partial charge in [-0.05, 0) is 61.1 Å². The van der Waals surface area contributed by atoms with E-state index in [4.69, 9.17) is 9.47 Å². The van der Waals surface area contributed by atoms with Crippen molar-refractivity contribution in [2.75, 3.05) is 25.6 Å². The van der Waals surface area contributed by atoms with E-state index in [-0.39, 0.29) is 23.8 Å². The molecular weight excluding hydrogens is 380 g/mol. The van der Waals surface area contributed by atoms with Crippen molar-refractivity contribution in [3.63, 3.8) is 0 Å². The van der Waals surface area contributed by atoms with Crippen molar-refractivity contribution >= 4 is 17.5 Å². The standard InChI is InChI=1S/C24H30N2O4/c1-15(2)19-13-20(16(3)12-22(19)29-4)24(28)26-21-10-6-5-9-18(21)23(27)25-14-17-8-7-11-30-17/h5-6,9-10,12-13,15,17H,7-8,11,14H2,1-4H3,(H,25,27)(H,26,28)/t17-/m1/s1. The van der Waals surface area contributed by atoms with Gasteiger partial charge in [0.25, 0.3) is 11.8 Å². The lowest BCUT2D eigenvalue weighted by Gasteiger charge is -2.17. The second kappa shape index (κ2) is 9.76. The number of anilines is 1. The van der Waals surface area contributed by atoms with Crippen molar-refractivity contribution < 1.29 is 19.1 Å². The third-order valence-corrected chi connectivity index (χ3v) is 5.38.